The zero-order chi connectivity index (χ0) is 17.5. The normalized spacial score (nSPS) is 26.0. The van der Waals surface area contributed by atoms with Gasteiger partial charge in [0.1, 0.15) is 0 Å². The minimum absolute atomic E-state index is 0.294. The highest BCUT2D eigenvalue weighted by molar-refractivity contribution is 5.27. The van der Waals surface area contributed by atoms with E-state index >= 15 is 0 Å². The van der Waals surface area contributed by atoms with Crippen molar-refractivity contribution in [2.75, 3.05) is 28.2 Å². The second kappa shape index (κ2) is 6.01. The molecule has 0 saturated carbocycles. The van der Waals surface area contributed by atoms with E-state index in [0.717, 1.165) is 37.3 Å². The molecule has 2 atom stereocenters. The number of hydrogen-bond donors (Lipinski definition) is 0. The Kier molecular flexibility index (Phi) is 4.30. The molecule has 2 aromatic rings. The largest absolute Gasteiger partial charge is 0.306 e. The summed E-state index contributed by atoms with van der Waals surface area (Å²) in [4.78, 5) is 14.2. The molecular weight excluding hydrogens is 300 g/mol. The molecule has 0 radical (unpaired) electrons. The van der Waals surface area contributed by atoms with E-state index in [1.807, 2.05) is 12.4 Å². The maximum Gasteiger partial charge on any atom is 0.157 e. The highest BCUT2D eigenvalue weighted by Crippen LogP contribution is 2.46. The lowest BCUT2D eigenvalue weighted by atomic mass is 9.91. The van der Waals surface area contributed by atoms with Crippen molar-refractivity contribution in [1.82, 2.24) is 28.9 Å². The van der Waals surface area contributed by atoms with Gasteiger partial charge in [0.25, 0.3) is 0 Å². The second-order valence-corrected chi connectivity index (χ2v) is 7.16. The molecule has 0 saturated heterocycles. The zero-order valence-electron chi connectivity index (χ0n) is 15.8. The topological polar surface area (TPSA) is 42.1 Å². The summed E-state index contributed by atoms with van der Waals surface area (Å²) in [6.07, 6.45) is 12.3. The van der Waals surface area contributed by atoms with E-state index in [1.165, 1.54) is 0 Å². The van der Waals surface area contributed by atoms with Crippen LogP contribution in [0.15, 0.2) is 24.8 Å². The summed E-state index contributed by atoms with van der Waals surface area (Å²) < 4.78 is 4.71. The monoisotopic (exact) mass is 330 g/mol. The number of rotatable bonds is 6. The summed E-state index contributed by atoms with van der Waals surface area (Å²) in [6.45, 7) is 4.46. The number of nitrogens with zero attached hydrogens (tertiary/aromatic N) is 6. The van der Waals surface area contributed by atoms with Gasteiger partial charge < -0.3 is 9.13 Å². The minimum atomic E-state index is -0.294. The molecule has 2 aromatic heterocycles. The van der Waals surface area contributed by atoms with Crippen LogP contribution < -0.4 is 0 Å². The predicted octanol–water partition coefficient (Wildman–Crippen LogP) is 2.52. The molecule has 24 heavy (non-hydrogen) atoms. The van der Waals surface area contributed by atoms with E-state index in [-0.39, 0.29) is 11.3 Å². The summed E-state index contributed by atoms with van der Waals surface area (Å²) in [5, 5.41) is 0. The third kappa shape index (κ3) is 1.96. The Hall–Kier alpha value is -1.66. The van der Waals surface area contributed by atoms with E-state index in [0.29, 0.717) is 0 Å². The summed E-state index contributed by atoms with van der Waals surface area (Å²) in [5.74, 6) is 2.20. The molecule has 1 aliphatic heterocycles. The van der Waals surface area contributed by atoms with E-state index in [4.69, 9.17) is 9.97 Å². The molecule has 0 spiro atoms. The van der Waals surface area contributed by atoms with Crippen molar-refractivity contribution in [2.24, 2.45) is 0 Å². The third-order valence-corrected chi connectivity index (χ3v) is 5.47. The fraction of sp³-hybridized carbons (Fsp3) is 0.667. The van der Waals surface area contributed by atoms with Crippen molar-refractivity contribution in [3.63, 3.8) is 0 Å². The van der Waals surface area contributed by atoms with Gasteiger partial charge in [0.2, 0.25) is 0 Å². The molecular formula is C18H30N6. The van der Waals surface area contributed by atoms with Crippen LogP contribution in [-0.4, -0.2) is 57.1 Å². The molecule has 3 heterocycles. The van der Waals surface area contributed by atoms with E-state index in [2.05, 4.69) is 73.4 Å². The molecule has 0 amide bonds. The second-order valence-electron chi connectivity index (χ2n) is 7.16. The highest BCUT2D eigenvalue weighted by Gasteiger charge is 2.53. The number of aromatic nitrogens is 4. The van der Waals surface area contributed by atoms with Gasteiger partial charge in [-0.05, 0) is 41.0 Å². The first-order valence-corrected chi connectivity index (χ1v) is 8.90. The Balaban J connectivity index is 2.37. The lowest BCUT2D eigenvalue weighted by Gasteiger charge is -2.52. The van der Waals surface area contributed by atoms with Crippen LogP contribution in [0.25, 0.3) is 0 Å². The molecule has 0 aromatic carbocycles. The SMILES string of the molecule is CCCC1(N(C)C)c2nccn2C(CCC)(N(C)C)c2nccn21. The Morgan fingerprint density at radius 3 is 1.46 bits per heavy atom. The van der Waals surface area contributed by atoms with Gasteiger partial charge in [-0.3, -0.25) is 9.80 Å². The average Bonchev–Trinajstić information content (AvgIpc) is 3.19. The first kappa shape index (κ1) is 17.2. The van der Waals surface area contributed by atoms with Crippen molar-refractivity contribution in [3.8, 4) is 0 Å². The maximum atomic E-state index is 4.83. The van der Waals surface area contributed by atoms with Gasteiger partial charge in [-0.25, -0.2) is 9.97 Å². The van der Waals surface area contributed by atoms with Gasteiger partial charge in [0, 0.05) is 24.8 Å². The van der Waals surface area contributed by atoms with Crippen LogP contribution in [0.5, 0.6) is 0 Å². The lowest BCUT2D eigenvalue weighted by molar-refractivity contribution is -0.000105. The summed E-state index contributed by atoms with van der Waals surface area (Å²) >= 11 is 0. The first-order chi connectivity index (χ1) is 11.5. The average molecular weight is 330 g/mol. The molecule has 6 nitrogen and oxygen atoms in total. The number of fused-ring (bicyclic) bond motifs is 2. The molecule has 1 aliphatic rings. The molecule has 0 bridgehead atoms. The maximum absolute atomic E-state index is 4.83. The standard InChI is InChI=1S/C18H30N6/c1-7-9-17(21(3)4)15-19-12-14-24(15)18(10-8-2,22(5)6)16-20-11-13-23(16)17/h11-14H,7-10H2,1-6H3. The van der Waals surface area contributed by atoms with Gasteiger partial charge in [-0.15, -0.1) is 0 Å². The van der Waals surface area contributed by atoms with Crippen molar-refractivity contribution >= 4 is 0 Å². The van der Waals surface area contributed by atoms with Crippen molar-refractivity contribution in [3.05, 3.63) is 36.4 Å². The predicted molar refractivity (Wildman–Crippen MR) is 95.8 cm³/mol. The summed E-state index contributed by atoms with van der Waals surface area (Å²) in [5.41, 5.74) is -0.589. The molecule has 0 aliphatic carbocycles. The smallest absolute Gasteiger partial charge is 0.157 e. The van der Waals surface area contributed by atoms with E-state index in [1.54, 1.807) is 0 Å². The fourth-order valence-corrected chi connectivity index (χ4v) is 4.45. The van der Waals surface area contributed by atoms with E-state index in [9.17, 15) is 0 Å². The molecule has 3 rings (SSSR count). The van der Waals surface area contributed by atoms with Crippen LogP contribution in [-0.2, 0) is 11.3 Å². The van der Waals surface area contributed by atoms with Gasteiger partial charge in [-0.1, -0.05) is 26.7 Å². The summed E-state index contributed by atoms with van der Waals surface area (Å²) in [7, 11) is 8.56. The molecule has 6 heteroatoms. The Morgan fingerprint density at radius 1 is 0.792 bits per heavy atom. The number of imidazole rings is 2. The van der Waals surface area contributed by atoms with Gasteiger partial charge >= 0.3 is 0 Å². The first-order valence-electron chi connectivity index (χ1n) is 8.90. The van der Waals surface area contributed by atoms with Crippen LogP contribution >= 0.6 is 0 Å². The van der Waals surface area contributed by atoms with Gasteiger partial charge in [-0.2, -0.15) is 0 Å². The highest BCUT2D eigenvalue weighted by atomic mass is 15.5. The molecule has 2 unspecified atom stereocenters. The van der Waals surface area contributed by atoms with Crippen LogP contribution in [0, 0.1) is 0 Å². The van der Waals surface area contributed by atoms with Crippen LogP contribution in [0.4, 0.5) is 0 Å². The minimum Gasteiger partial charge on any atom is -0.306 e. The Bertz CT molecular complexity index is 599. The number of hydrogen-bond acceptors (Lipinski definition) is 4. The van der Waals surface area contributed by atoms with Crippen molar-refractivity contribution in [1.29, 1.82) is 0 Å². The Labute approximate surface area is 145 Å². The van der Waals surface area contributed by atoms with Crippen LogP contribution in [0.3, 0.4) is 0 Å². The fourth-order valence-electron chi connectivity index (χ4n) is 4.45. The lowest BCUT2D eigenvalue weighted by Crippen LogP contribution is -2.61. The van der Waals surface area contributed by atoms with Crippen molar-refractivity contribution < 1.29 is 0 Å². The molecule has 132 valence electrons. The van der Waals surface area contributed by atoms with Gasteiger partial charge in [0.15, 0.2) is 23.0 Å². The molecule has 0 N–H and O–H groups in total. The van der Waals surface area contributed by atoms with E-state index < -0.39 is 0 Å². The van der Waals surface area contributed by atoms with Crippen molar-refractivity contribution in [2.45, 2.75) is 50.9 Å². The third-order valence-electron chi connectivity index (χ3n) is 5.47. The van der Waals surface area contributed by atoms with Crippen LogP contribution in [0.1, 0.15) is 51.2 Å². The Morgan fingerprint density at radius 2 is 1.17 bits per heavy atom. The zero-order valence-corrected chi connectivity index (χ0v) is 15.8. The van der Waals surface area contributed by atoms with Gasteiger partial charge in [0.05, 0.1) is 0 Å². The quantitative estimate of drug-likeness (QED) is 0.816. The molecule has 0 fully saturated rings. The van der Waals surface area contributed by atoms with Crippen LogP contribution in [0.2, 0.25) is 0 Å². The summed E-state index contributed by atoms with van der Waals surface area (Å²) in [6, 6.07) is 0.